The number of amides is 1. The molecule has 0 aliphatic carbocycles. The fourth-order valence-electron chi connectivity index (χ4n) is 3.77. The number of likely N-dealkylation sites (tertiary alicyclic amines) is 1. The number of rotatable bonds is 7. The average Bonchev–Trinajstić information content (AvgIpc) is 3.22. The largest absolute Gasteiger partial charge is 0.463 e. The van der Waals surface area contributed by atoms with Gasteiger partial charge in [0.05, 0.1) is 12.6 Å². The zero-order valence-electron chi connectivity index (χ0n) is 20.2. The van der Waals surface area contributed by atoms with Crippen LogP contribution in [-0.4, -0.2) is 53.3 Å². The Hall–Kier alpha value is -3.26. The number of nitrogens with zero attached hydrogens (tertiary/aromatic N) is 3. The Kier molecular flexibility index (Phi) is 8.39. The first kappa shape index (κ1) is 25.4. The molecule has 2 heterocycles. The van der Waals surface area contributed by atoms with E-state index in [1.54, 1.807) is 48.4 Å². The molecule has 0 bridgehead atoms. The number of carbonyl (C=O) groups excluding carboxylic acids is 2. The van der Waals surface area contributed by atoms with Gasteiger partial charge in [0, 0.05) is 37.5 Å². The van der Waals surface area contributed by atoms with Crippen LogP contribution in [0, 0.1) is 5.82 Å². The van der Waals surface area contributed by atoms with Gasteiger partial charge in [-0.1, -0.05) is 18.2 Å². The number of hydrogen-bond acceptors (Lipinski definition) is 6. The molecule has 1 saturated heterocycles. The summed E-state index contributed by atoms with van der Waals surface area (Å²) in [5, 5.41) is 0. The van der Waals surface area contributed by atoms with E-state index in [4.69, 9.17) is 9.47 Å². The van der Waals surface area contributed by atoms with E-state index in [0.717, 1.165) is 6.54 Å². The van der Waals surface area contributed by atoms with E-state index in [0.29, 0.717) is 43.1 Å². The first-order valence-electron chi connectivity index (χ1n) is 11.4. The number of ether oxygens (including phenoxy) is 2. The Morgan fingerprint density at radius 3 is 2.65 bits per heavy atom. The lowest BCUT2D eigenvalue weighted by Crippen LogP contribution is -2.45. The molecule has 0 unspecified atom stereocenters. The van der Waals surface area contributed by atoms with Crippen molar-refractivity contribution in [1.82, 2.24) is 9.88 Å². The molecule has 1 aromatic carbocycles. The van der Waals surface area contributed by atoms with Gasteiger partial charge in [0.2, 0.25) is 0 Å². The van der Waals surface area contributed by atoms with Crippen molar-refractivity contribution in [3.63, 3.8) is 0 Å². The first-order chi connectivity index (χ1) is 16.2. The monoisotopic (exact) mass is 469 g/mol. The van der Waals surface area contributed by atoms with E-state index in [9.17, 15) is 14.0 Å². The quantitative estimate of drug-likeness (QED) is 0.428. The molecule has 182 valence electrons. The van der Waals surface area contributed by atoms with Crippen LogP contribution in [0.3, 0.4) is 0 Å². The minimum absolute atomic E-state index is 0.171. The van der Waals surface area contributed by atoms with Crippen LogP contribution in [0.1, 0.15) is 45.2 Å². The van der Waals surface area contributed by atoms with Crippen molar-refractivity contribution in [3.05, 3.63) is 65.6 Å². The van der Waals surface area contributed by atoms with Gasteiger partial charge in [-0.3, -0.25) is 9.80 Å². The highest BCUT2D eigenvalue weighted by Gasteiger charge is 2.35. The van der Waals surface area contributed by atoms with Gasteiger partial charge in [-0.15, -0.1) is 0 Å². The molecule has 0 spiro atoms. The molecule has 1 atom stereocenters. The molecule has 7 nitrogen and oxygen atoms in total. The number of anilines is 1. The number of aromatic nitrogens is 1. The number of halogens is 1. The second-order valence-electron chi connectivity index (χ2n) is 9.15. The second kappa shape index (κ2) is 11.2. The van der Waals surface area contributed by atoms with Crippen LogP contribution in [0.4, 0.5) is 15.0 Å². The molecule has 2 aromatic rings. The smallest absolute Gasteiger partial charge is 0.416 e. The van der Waals surface area contributed by atoms with Crippen molar-refractivity contribution >= 4 is 24.0 Å². The molecule has 1 aromatic heterocycles. The average molecular weight is 470 g/mol. The van der Waals surface area contributed by atoms with Crippen LogP contribution in [0.25, 0.3) is 6.08 Å². The van der Waals surface area contributed by atoms with E-state index in [-0.39, 0.29) is 11.9 Å². The van der Waals surface area contributed by atoms with Gasteiger partial charge in [-0.05, 0) is 64.0 Å². The standard InChI is InChI=1S/C26H32FN3O4/c1-5-33-24(31)13-11-19-10-12-23(28-16-19)30(25(32)34-26(2,3)4)21-14-15-29(18-21)17-20-8-6-7-9-22(20)27/h6-13,16,21H,5,14-15,17-18H2,1-4H3/t21-/m1/s1. The van der Waals surface area contributed by atoms with Gasteiger partial charge in [0.25, 0.3) is 0 Å². The number of benzene rings is 1. The zero-order valence-corrected chi connectivity index (χ0v) is 20.2. The van der Waals surface area contributed by atoms with Crippen molar-refractivity contribution in [2.75, 3.05) is 24.6 Å². The van der Waals surface area contributed by atoms with Crippen molar-refractivity contribution in [2.45, 2.75) is 52.3 Å². The topological polar surface area (TPSA) is 72.0 Å². The predicted octanol–water partition coefficient (Wildman–Crippen LogP) is 4.81. The maximum atomic E-state index is 14.1. The lowest BCUT2D eigenvalue weighted by atomic mass is 10.2. The Morgan fingerprint density at radius 2 is 2.00 bits per heavy atom. The van der Waals surface area contributed by atoms with Gasteiger partial charge >= 0.3 is 12.1 Å². The highest BCUT2D eigenvalue weighted by atomic mass is 19.1. The predicted molar refractivity (Wildman–Crippen MR) is 129 cm³/mol. The van der Waals surface area contributed by atoms with Crippen LogP contribution in [-0.2, 0) is 20.8 Å². The summed E-state index contributed by atoms with van der Waals surface area (Å²) >= 11 is 0. The summed E-state index contributed by atoms with van der Waals surface area (Å²) in [5.74, 6) is -0.203. The van der Waals surface area contributed by atoms with E-state index in [2.05, 4.69) is 9.88 Å². The van der Waals surface area contributed by atoms with E-state index < -0.39 is 17.7 Å². The van der Waals surface area contributed by atoms with Crippen molar-refractivity contribution in [2.24, 2.45) is 0 Å². The Morgan fingerprint density at radius 1 is 1.24 bits per heavy atom. The highest BCUT2D eigenvalue weighted by molar-refractivity contribution is 5.88. The molecular weight excluding hydrogens is 437 g/mol. The van der Waals surface area contributed by atoms with Gasteiger partial charge in [-0.2, -0.15) is 0 Å². The maximum absolute atomic E-state index is 14.1. The Balaban J connectivity index is 1.77. The lowest BCUT2D eigenvalue weighted by Gasteiger charge is -2.31. The molecular formula is C26H32FN3O4. The van der Waals surface area contributed by atoms with Crippen LogP contribution < -0.4 is 4.90 Å². The molecule has 3 rings (SSSR count). The molecule has 0 N–H and O–H groups in total. The summed E-state index contributed by atoms with van der Waals surface area (Å²) in [6.07, 6.45) is 4.77. The maximum Gasteiger partial charge on any atom is 0.416 e. The van der Waals surface area contributed by atoms with E-state index in [1.807, 2.05) is 26.8 Å². The van der Waals surface area contributed by atoms with Gasteiger partial charge in [0.1, 0.15) is 17.2 Å². The summed E-state index contributed by atoms with van der Waals surface area (Å²) in [5.41, 5.74) is 0.666. The molecule has 1 fully saturated rings. The van der Waals surface area contributed by atoms with Crippen LogP contribution in [0.5, 0.6) is 0 Å². The van der Waals surface area contributed by atoms with E-state index >= 15 is 0 Å². The number of hydrogen-bond donors (Lipinski definition) is 0. The summed E-state index contributed by atoms with van der Waals surface area (Å²) in [6.45, 7) is 9.26. The first-order valence-corrected chi connectivity index (χ1v) is 11.4. The van der Waals surface area contributed by atoms with Crippen molar-refractivity contribution in [3.8, 4) is 0 Å². The van der Waals surface area contributed by atoms with Gasteiger partial charge in [0.15, 0.2) is 0 Å². The zero-order chi connectivity index (χ0) is 24.7. The fraction of sp³-hybridized carbons (Fsp3) is 0.423. The molecule has 1 aliphatic heterocycles. The minimum atomic E-state index is -0.664. The minimum Gasteiger partial charge on any atom is -0.463 e. The molecule has 1 amide bonds. The van der Waals surface area contributed by atoms with E-state index in [1.165, 1.54) is 12.1 Å². The summed E-state index contributed by atoms with van der Waals surface area (Å²) < 4.78 is 24.7. The molecule has 34 heavy (non-hydrogen) atoms. The van der Waals surface area contributed by atoms with Gasteiger partial charge < -0.3 is 9.47 Å². The number of pyridine rings is 1. The normalized spacial score (nSPS) is 16.6. The second-order valence-corrected chi connectivity index (χ2v) is 9.15. The fourth-order valence-corrected chi connectivity index (χ4v) is 3.77. The summed E-state index contributed by atoms with van der Waals surface area (Å²) in [6, 6.07) is 10.1. The summed E-state index contributed by atoms with van der Waals surface area (Å²) in [7, 11) is 0. The number of esters is 1. The van der Waals surface area contributed by atoms with Crippen LogP contribution in [0.15, 0.2) is 48.7 Å². The third-order valence-corrected chi connectivity index (χ3v) is 5.27. The highest BCUT2D eigenvalue weighted by Crippen LogP contribution is 2.26. The Labute approximate surface area is 200 Å². The SMILES string of the molecule is CCOC(=O)C=Cc1ccc(N(C(=O)OC(C)(C)C)[C@@H]2CCN(Cc3ccccc3F)C2)nc1. The van der Waals surface area contributed by atoms with Crippen molar-refractivity contribution in [1.29, 1.82) is 0 Å². The molecule has 8 heteroatoms. The number of carbonyl (C=O) groups is 2. The van der Waals surface area contributed by atoms with Crippen LogP contribution in [0.2, 0.25) is 0 Å². The Bertz CT molecular complexity index is 1020. The lowest BCUT2D eigenvalue weighted by molar-refractivity contribution is -0.137. The van der Waals surface area contributed by atoms with Crippen molar-refractivity contribution < 1.29 is 23.5 Å². The molecule has 1 aliphatic rings. The third kappa shape index (κ3) is 7.12. The van der Waals surface area contributed by atoms with Gasteiger partial charge in [-0.25, -0.2) is 19.0 Å². The molecule has 0 saturated carbocycles. The van der Waals surface area contributed by atoms with Crippen LogP contribution >= 0.6 is 0 Å². The third-order valence-electron chi connectivity index (χ3n) is 5.27. The summed E-state index contributed by atoms with van der Waals surface area (Å²) in [4.78, 5) is 32.9. The molecule has 0 radical (unpaired) electrons.